The fraction of sp³-hybridized carbons (Fsp3) is 0.0833. The molecule has 0 spiro atoms. The van der Waals surface area contributed by atoms with Crippen molar-refractivity contribution in [3.63, 3.8) is 0 Å². The summed E-state index contributed by atoms with van der Waals surface area (Å²) in [5.41, 5.74) is 9.70. The Balaban J connectivity index is 2.54. The molecule has 0 unspecified atom stereocenters. The smallest absolute Gasteiger partial charge is 0.0864 e. The van der Waals surface area contributed by atoms with Gasteiger partial charge in [-0.25, -0.2) is 0 Å². The molecule has 0 aliphatic heterocycles. The number of rotatable bonds is 1. The Hall–Kier alpha value is -1.35. The average Bonchev–Trinajstić information content (AvgIpc) is 2.24. The normalized spacial score (nSPS) is 10.3. The van der Waals surface area contributed by atoms with Gasteiger partial charge in [-0.15, -0.1) is 0 Å². The Morgan fingerprint density at radius 3 is 2.47 bits per heavy atom. The van der Waals surface area contributed by atoms with Crippen LogP contribution in [0.5, 0.6) is 0 Å². The molecular weight excluding hydrogens is 252 g/mol. The van der Waals surface area contributed by atoms with Crippen LogP contribution in [-0.2, 0) is 0 Å². The summed E-state index contributed by atoms with van der Waals surface area (Å²) in [6.07, 6.45) is 1.72. The van der Waals surface area contributed by atoms with Crippen molar-refractivity contribution in [2.75, 3.05) is 5.73 Å². The van der Waals surface area contributed by atoms with Gasteiger partial charge in [-0.05, 0) is 28.9 Å². The van der Waals surface area contributed by atoms with Crippen LogP contribution >= 0.6 is 15.9 Å². The third kappa shape index (κ3) is 2.02. The molecule has 1 heterocycles. The van der Waals surface area contributed by atoms with E-state index < -0.39 is 0 Å². The highest BCUT2D eigenvalue weighted by Crippen LogP contribution is 2.30. The third-order valence-electron chi connectivity index (χ3n) is 2.24. The Labute approximate surface area is 97.3 Å². The third-order valence-corrected chi connectivity index (χ3v) is 3.08. The quantitative estimate of drug-likeness (QED) is 0.856. The minimum atomic E-state index is 0.709. The summed E-state index contributed by atoms with van der Waals surface area (Å²) in [5.74, 6) is 0. The summed E-state index contributed by atoms with van der Waals surface area (Å²) in [4.78, 5) is 4.31. The second-order valence-corrected chi connectivity index (χ2v) is 4.22. The number of nitrogens with zero attached hydrogens (tertiary/aromatic N) is 1. The Morgan fingerprint density at radius 2 is 1.80 bits per heavy atom. The highest BCUT2D eigenvalue weighted by atomic mass is 79.9. The molecule has 0 bridgehead atoms. The molecule has 0 atom stereocenters. The molecule has 2 nitrogen and oxygen atoms in total. The van der Waals surface area contributed by atoms with Gasteiger partial charge in [0.1, 0.15) is 0 Å². The number of nitrogens with two attached hydrogens (primary N) is 1. The molecular formula is C12H11BrN2. The van der Waals surface area contributed by atoms with E-state index in [1.165, 1.54) is 5.56 Å². The summed E-state index contributed by atoms with van der Waals surface area (Å²) < 4.78 is 0.855. The van der Waals surface area contributed by atoms with E-state index >= 15 is 0 Å². The Morgan fingerprint density at radius 1 is 1.13 bits per heavy atom. The van der Waals surface area contributed by atoms with E-state index in [1.807, 2.05) is 12.1 Å². The van der Waals surface area contributed by atoms with E-state index in [9.17, 15) is 0 Å². The number of pyridine rings is 1. The molecule has 0 radical (unpaired) electrons. The van der Waals surface area contributed by atoms with Crippen molar-refractivity contribution >= 4 is 21.6 Å². The molecule has 0 aliphatic carbocycles. The van der Waals surface area contributed by atoms with Crippen LogP contribution in [0.25, 0.3) is 11.3 Å². The lowest BCUT2D eigenvalue weighted by molar-refractivity contribution is 1.31. The van der Waals surface area contributed by atoms with Crippen molar-refractivity contribution in [3.8, 4) is 11.3 Å². The molecule has 2 N–H and O–H groups in total. The van der Waals surface area contributed by atoms with Crippen molar-refractivity contribution in [1.29, 1.82) is 0 Å². The van der Waals surface area contributed by atoms with Crippen molar-refractivity contribution < 1.29 is 0 Å². The van der Waals surface area contributed by atoms with E-state index in [1.54, 1.807) is 12.3 Å². The largest absolute Gasteiger partial charge is 0.398 e. The van der Waals surface area contributed by atoms with Gasteiger partial charge in [0.2, 0.25) is 0 Å². The Kier molecular flexibility index (Phi) is 2.73. The van der Waals surface area contributed by atoms with Gasteiger partial charge in [0.25, 0.3) is 0 Å². The van der Waals surface area contributed by atoms with Crippen LogP contribution in [0.15, 0.2) is 41.0 Å². The van der Waals surface area contributed by atoms with Crippen LogP contribution in [0.2, 0.25) is 0 Å². The van der Waals surface area contributed by atoms with Crippen LogP contribution in [-0.4, -0.2) is 4.98 Å². The van der Waals surface area contributed by atoms with Crippen LogP contribution in [0.1, 0.15) is 5.56 Å². The van der Waals surface area contributed by atoms with Gasteiger partial charge in [-0.3, -0.25) is 4.98 Å². The van der Waals surface area contributed by atoms with Gasteiger partial charge >= 0.3 is 0 Å². The molecule has 15 heavy (non-hydrogen) atoms. The lowest BCUT2D eigenvalue weighted by Crippen LogP contribution is -1.91. The van der Waals surface area contributed by atoms with E-state index in [0.29, 0.717) is 5.69 Å². The average molecular weight is 263 g/mol. The van der Waals surface area contributed by atoms with Gasteiger partial charge in [-0.1, -0.05) is 29.8 Å². The first kappa shape index (κ1) is 10.2. The van der Waals surface area contributed by atoms with Crippen molar-refractivity contribution in [1.82, 2.24) is 4.98 Å². The summed E-state index contributed by atoms with van der Waals surface area (Å²) >= 11 is 3.45. The van der Waals surface area contributed by atoms with Crippen molar-refractivity contribution in [3.05, 3.63) is 46.6 Å². The Bertz CT molecular complexity index is 477. The van der Waals surface area contributed by atoms with E-state index in [4.69, 9.17) is 5.73 Å². The van der Waals surface area contributed by atoms with Crippen LogP contribution < -0.4 is 5.73 Å². The number of nitrogen functional groups attached to an aromatic ring is 1. The minimum absolute atomic E-state index is 0.709. The molecule has 1 aromatic heterocycles. The number of benzene rings is 1. The summed E-state index contributed by atoms with van der Waals surface area (Å²) in [7, 11) is 0. The summed E-state index contributed by atoms with van der Waals surface area (Å²) in [5, 5.41) is 0. The van der Waals surface area contributed by atoms with E-state index in [-0.39, 0.29) is 0 Å². The topological polar surface area (TPSA) is 38.9 Å². The lowest BCUT2D eigenvalue weighted by Gasteiger charge is -2.05. The number of halogens is 1. The summed E-state index contributed by atoms with van der Waals surface area (Å²) in [6.45, 7) is 2.06. The first-order chi connectivity index (χ1) is 7.18. The summed E-state index contributed by atoms with van der Waals surface area (Å²) in [6, 6.07) is 9.99. The second kappa shape index (κ2) is 4.03. The second-order valence-electron chi connectivity index (χ2n) is 3.43. The first-order valence-corrected chi connectivity index (χ1v) is 5.45. The monoisotopic (exact) mass is 262 g/mol. The molecule has 0 fully saturated rings. The van der Waals surface area contributed by atoms with Crippen LogP contribution in [0, 0.1) is 6.92 Å². The molecule has 0 saturated heterocycles. The highest BCUT2D eigenvalue weighted by Gasteiger charge is 2.06. The van der Waals surface area contributed by atoms with Gasteiger partial charge in [0, 0.05) is 17.4 Å². The molecule has 2 rings (SSSR count). The number of hydrogen-bond donors (Lipinski definition) is 1. The molecule has 0 saturated carbocycles. The van der Waals surface area contributed by atoms with Crippen LogP contribution in [0.4, 0.5) is 5.69 Å². The van der Waals surface area contributed by atoms with E-state index in [2.05, 4.69) is 40.0 Å². The molecule has 0 amide bonds. The zero-order chi connectivity index (χ0) is 10.8. The first-order valence-electron chi connectivity index (χ1n) is 4.65. The standard InChI is InChI=1S/C12H11BrN2/c1-8-2-4-9(5-3-8)12-11(13)10(14)6-7-15-12/h2-7H,1H3,(H2,14,15). The molecule has 0 aliphatic rings. The maximum atomic E-state index is 5.80. The zero-order valence-electron chi connectivity index (χ0n) is 8.37. The van der Waals surface area contributed by atoms with Gasteiger partial charge in [-0.2, -0.15) is 0 Å². The van der Waals surface area contributed by atoms with Gasteiger partial charge in [0.05, 0.1) is 10.2 Å². The molecule has 3 heteroatoms. The van der Waals surface area contributed by atoms with Crippen molar-refractivity contribution in [2.45, 2.75) is 6.92 Å². The van der Waals surface area contributed by atoms with E-state index in [0.717, 1.165) is 15.7 Å². The minimum Gasteiger partial charge on any atom is -0.398 e. The molecule has 2 aromatic rings. The van der Waals surface area contributed by atoms with Crippen LogP contribution in [0.3, 0.4) is 0 Å². The van der Waals surface area contributed by atoms with Crippen molar-refractivity contribution in [2.24, 2.45) is 0 Å². The lowest BCUT2D eigenvalue weighted by atomic mass is 10.1. The zero-order valence-corrected chi connectivity index (χ0v) is 9.95. The molecule has 76 valence electrons. The maximum Gasteiger partial charge on any atom is 0.0864 e. The number of hydrogen-bond acceptors (Lipinski definition) is 2. The maximum absolute atomic E-state index is 5.80. The number of aromatic nitrogens is 1. The van der Waals surface area contributed by atoms with Gasteiger partial charge < -0.3 is 5.73 Å². The SMILES string of the molecule is Cc1ccc(-c2nccc(N)c2Br)cc1. The molecule has 1 aromatic carbocycles. The number of anilines is 1. The predicted octanol–water partition coefficient (Wildman–Crippen LogP) is 3.40. The predicted molar refractivity (Wildman–Crippen MR) is 66.5 cm³/mol. The fourth-order valence-electron chi connectivity index (χ4n) is 1.37. The fourth-order valence-corrected chi connectivity index (χ4v) is 1.83. The highest BCUT2D eigenvalue weighted by molar-refractivity contribution is 9.10. The van der Waals surface area contributed by atoms with Gasteiger partial charge in [0.15, 0.2) is 0 Å². The number of aryl methyl sites for hydroxylation is 1.